The van der Waals surface area contributed by atoms with Gasteiger partial charge in [-0.1, -0.05) is 13.8 Å². The van der Waals surface area contributed by atoms with Crippen molar-refractivity contribution >= 4 is 5.97 Å². The quantitative estimate of drug-likeness (QED) is 0.740. The highest BCUT2D eigenvalue weighted by Gasteiger charge is 2.37. The maximum absolute atomic E-state index is 11.7. The fourth-order valence-electron chi connectivity index (χ4n) is 3.04. The van der Waals surface area contributed by atoms with E-state index in [1.165, 1.54) is 33.0 Å². The average molecular weight is 240 g/mol. The Hall–Kier alpha value is -0.610. The van der Waals surface area contributed by atoms with Crippen LogP contribution in [0.15, 0.2) is 0 Å². The highest BCUT2D eigenvalue weighted by molar-refractivity contribution is 5.76. The molecule has 4 nitrogen and oxygen atoms in total. The van der Waals surface area contributed by atoms with Crippen molar-refractivity contribution in [3.05, 3.63) is 0 Å². The summed E-state index contributed by atoms with van der Waals surface area (Å²) in [6.07, 6.45) is 2.54. The van der Waals surface area contributed by atoms with E-state index in [1.54, 1.807) is 0 Å². The van der Waals surface area contributed by atoms with Crippen LogP contribution in [0, 0.1) is 11.8 Å². The Bertz CT molecular complexity index is 273. The molecule has 0 saturated carbocycles. The molecule has 0 spiro atoms. The lowest BCUT2D eigenvalue weighted by atomic mass is 9.83. The van der Waals surface area contributed by atoms with Crippen molar-refractivity contribution in [3.63, 3.8) is 0 Å². The minimum atomic E-state index is -0.162. The van der Waals surface area contributed by atoms with E-state index in [0.29, 0.717) is 6.04 Å². The number of piperidine rings is 3. The number of nitrogens with one attached hydrogen (secondary N) is 1. The maximum atomic E-state index is 11.7. The molecule has 3 fully saturated rings. The molecule has 3 rings (SSSR count). The minimum absolute atomic E-state index is 0.128. The summed E-state index contributed by atoms with van der Waals surface area (Å²) in [5.74, 6) is 0.889. The highest BCUT2D eigenvalue weighted by atomic mass is 16.5. The number of ether oxygens (including phenoxy) is 1. The summed E-state index contributed by atoms with van der Waals surface area (Å²) in [5.41, 5.74) is 0. The molecule has 3 heterocycles. The number of rotatable bonds is 4. The number of esters is 1. The lowest BCUT2D eigenvalue weighted by Gasteiger charge is -2.46. The Morgan fingerprint density at radius 2 is 2.00 bits per heavy atom. The third-order valence-electron chi connectivity index (χ3n) is 4.17. The van der Waals surface area contributed by atoms with E-state index in [-0.39, 0.29) is 17.9 Å². The summed E-state index contributed by atoms with van der Waals surface area (Å²) in [6, 6.07) is 0.301. The lowest BCUT2D eigenvalue weighted by molar-refractivity contribution is -0.145. The summed E-state index contributed by atoms with van der Waals surface area (Å²) < 4.78 is 4.88. The van der Waals surface area contributed by atoms with Gasteiger partial charge < -0.3 is 9.64 Å². The zero-order chi connectivity index (χ0) is 12.4. The number of nitrogens with zero attached hydrogens (tertiary/aromatic N) is 1. The van der Waals surface area contributed by atoms with Crippen LogP contribution in [0.4, 0.5) is 0 Å². The van der Waals surface area contributed by atoms with Crippen LogP contribution in [0.5, 0.6) is 0 Å². The Morgan fingerprint density at radius 3 is 2.41 bits per heavy atom. The monoisotopic (exact) mass is 240 g/mol. The van der Waals surface area contributed by atoms with Gasteiger partial charge in [0.2, 0.25) is 0 Å². The molecule has 0 amide bonds. The standard InChI is InChI=1S/C13H24N2O2/c1-9(2)12(13(16)17-3)14-11-8-15-6-4-10(11)5-7-15/h9-12,14H,4-8H2,1-3H3. The second kappa shape index (κ2) is 5.36. The van der Waals surface area contributed by atoms with Crippen molar-refractivity contribution in [1.82, 2.24) is 10.2 Å². The van der Waals surface area contributed by atoms with Crippen LogP contribution in [0.25, 0.3) is 0 Å². The first kappa shape index (κ1) is 12.8. The first-order valence-electron chi connectivity index (χ1n) is 6.68. The van der Waals surface area contributed by atoms with Crippen molar-refractivity contribution in [2.45, 2.75) is 38.8 Å². The number of fused-ring (bicyclic) bond motifs is 3. The van der Waals surface area contributed by atoms with Crippen LogP contribution in [0.3, 0.4) is 0 Å². The van der Waals surface area contributed by atoms with E-state index in [4.69, 9.17) is 4.74 Å². The van der Waals surface area contributed by atoms with Gasteiger partial charge >= 0.3 is 5.97 Å². The summed E-state index contributed by atoms with van der Waals surface area (Å²) in [5, 5.41) is 3.52. The topological polar surface area (TPSA) is 41.6 Å². The van der Waals surface area contributed by atoms with Crippen molar-refractivity contribution in [3.8, 4) is 0 Å². The van der Waals surface area contributed by atoms with Gasteiger partial charge in [-0.05, 0) is 37.8 Å². The molecule has 2 bridgehead atoms. The average Bonchev–Trinajstić information content (AvgIpc) is 2.36. The lowest BCUT2D eigenvalue weighted by Crippen LogP contribution is -2.60. The molecule has 3 aliphatic rings. The SMILES string of the molecule is COC(=O)C(NC1CN2CCC1CC2)C(C)C. The van der Waals surface area contributed by atoms with E-state index in [0.717, 1.165) is 12.5 Å². The second-order valence-corrected chi connectivity index (χ2v) is 5.66. The molecule has 0 aromatic carbocycles. The van der Waals surface area contributed by atoms with Crippen LogP contribution in [0.1, 0.15) is 26.7 Å². The van der Waals surface area contributed by atoms with Crippen LogP contribution < -0.4 is 5.32 Å². The summed E-state index contributed by atoms with van der Waals surface area (Å²) in [4.78, 5) is 14.2. The number of hydrogen-bond donors (Lipinski definition) is 1. The van der Waals surface area contributed by atoms with Gasteiger partial charge in [0.05, 0.1) is 7.11 Å². The summed E-state index contributed by atoms with van der Waals surface area (Å²) in [7, 11) is 1.47. The number of hydrogen-bond acceptors (Lipinski definition) is 4. The van der Waals surface area contributed by atoms with Gasteiger partial charge in [0.1, 0.15) is 6.04 Å². The van der Waals surface area contributed by atoms with Gasteiger partial charge in [-0.25, -0.2) is 0 Å². The molecule has 0 aromatic heterocycles. The zero-order valence-electron chi connectivity index (χ0n) is 11.1. The molecule has 17 heavy (non-hydrogen) atoms. The minimum Gasteiger partial charge on any atom is -0.468 e. The van der Waals surface area contributed by atoms with E-state index in [1.807, 2.05) is 0 Å². The van der Waals surface area contributed by atoms with Crippen molar-refractivity contribution in [1.29, 1.82) is 0 Å². The molecular weight excluding hydrogens is 216 g/mol. The zero-order valence-corrected chi connectivity index (χ0v) is 11.1. The van der Waals surface area contributed by atoms with E-state index >= 15 is 0 Å². The van der Waals surface area contributed by atoms with Gasteiger partial charge in [-0.2, -0.15) is 0 Å². The van der Waals surface area contributed by atoms with Crippen molar-refractivity contribution < 1.29 is 9.53 Å². The van der Waals surface area contributed by atoms with Crippen LogP contribution in [0.2, 0.25) is 0 Å². The van der Waals surface area contributed by atoms with Gasteiger partial charge in [-0.3, -0.25) is 10.1 Å². The van der Waals surface area contributed by atoms with Gasteiger partial charge in [-0.15, -0.1) is 0 Å². The first-order chi connectivity index (χ1) is 8.11. The second-order valence-electron chi connectivity index (χ2n) is 5.66. The molecule has 1 N–H and O–H groups in total. The number of methoxy groups -OCH3 is 1. The van der Waals surface area contributed by atoms with Gasteiger partial charge in [0, 0.05) is 12.6 Å². The largest absolute Gasteiger partial charge is 0.468 e. The Balaban J connectivity index is 1.96. The molecule has 2 unspecified atom stereocenters. The fraction of sp³-hybridized carbons (Fsp3) is 0.923. The summed E-state index contributed by atoms with van der Waals surface area (Å²) in [6.45, 7) is 7.68. The fourth-order valence-corrected chi connectivity index (χ4v) is 3.04. The first-order valence-corrected chi connectivity index (χ1v) is 6.68. The molecule has 0 aromatic rings. The van der Waals surface area contributed by atoms with Crippen molar-refractivity contribution in [2.75, 3.05) is 26.7 Å². The third kappa shape index (κ3) is 2.80. The molecule has 2 atom stereocenters. The molecule has 98 valence electrons. The van der Waals surface area contributed by atoms with E-state index < -0.39 is 0 Å². The number of carbonyl (C=O) groups is 1. The van der Waals surface area contributed by atoms with E-state index in [9.17, 15) is 4.79 Å². The molecule has 3 aliphatic heterocycles. The normalized spacial score (nSPS) is 33.8. The predicted molar refractivity (Wildman–Crippen MR) is 66.7 cm³/mol. The maximum Gasteiger partial charge on any atom is 0.323 e. The van der Waals surface area contributed by atoms with E-state index in [2.05, 4.69) is 24.1 Å². The van der Waals surface area contributed by atoms with Crippen LogP contribution in [-0.2, 0) is 9.53 Å². The Labute approximate surface area is 104 Å². The predicted octanol–water partition coefficient (Wildman–Crippen LogP) is 0.868. The van der Waals surface area contributed by atoms with Crippen LogP contribution >= 0.6 is 0 Å². The third-order valence-corrected chi connectivity index (χ3v) is 4.17. The molecule has 3 saturated heterocycles. The molecule has 0 aliphatic carbocycles. The summed E-state index contributed by atoms with van der Waals surface area (Å²) >= 11 is 0. The Morgan fingerprint density at radius 1 is 1.35 bits per heavy atom. The Kier molecular flexibility index (Phi) is 4.05. The number of carbonyl (C=O) groups excluding carboxylic acids is 1. The smallest absolute Gasteiger partial charge is 0.323 e. The van der Waals surface area contributed by atoms with Crippen LogP contribution in [-0.4, -0.2) is 49.7 Å². The van der Waals surface area contributed by atoms with Gasteiger partial charge in [0.25, 0.3) is 0 Å². The molecule has 0 radical (unpaired) electrons. The van der Waals surface area contributed by atoms with Crippen molar-refractivity contribution in [2.24, 2.45) is 11.8 Å². The molecule has 4 heteroatoms. The highest BCUT2D eigenvalue weighted by Crippen LogP contribution is 2.28. The molecular formula is C13H24N2O2. The van der Waals surface area contributed by atoms with Gasteiger partial charge in [0.15, 0.2) is 0 Å².